The summed E-state index contributed by atoms with van der Waals surface area (Å²) in [6.45, 7) is 2.49. The number of rotatable bonds is 1. The molecule has 0 spiro atoms. The van der Waals surface area contributed by atoms with Gasteiger partial charge in [0.2, 0.25) is 5.91 Å². The fourth-order valence-corrected chi connectivity index (χ4v) is 2.47. The molecule has 0 saturated carbocycles. The molecule has 1 aliphatic heterocycles. The van der Waals surface area contributed by atoms with E-state index in [-0.39, 0.29) is 16.6 Å². The molecule has 0 unspecified atom stereocenters. The lowest BCUT2D eigenvalue weighted by molar-refractivity contribution is -0.118. The van der Waals surface area contributed by atoms with Gasteiger partial charge >= 0.3 is 0 Å². The first kappa shape index (κ1) is 11.6. The van der Waals surface area contributed by atoms with Gasteiger partial charge in [0.1, 0.15) is 5.82 Å². The third-order valence-electron chi connectivity index (χ3n) is 2.77. The van der Waals surface area contributed by atoms with Crippen LogP contribution in [0.5, 0.6) is 0 Å². The number of anilines is 1. The van der Waals surface area contributed by atoms with Crippen molar-refractivity contribution in [2.45, 2.75) is 24.6 Å². The summed E-state index contributed by atoms with van der Waals surface area (Å²) >= 11 is 3.32. The molecule has 2 rings (SSSR count). The molecular weight excluding hydrogens is 273 g/mol. The van der Waals surface area contributed by atoms with E-state index in [1.165, 1.54) is 11.0 Å². The highest BCUT2D eigenvalue weighted by Crippen LogP contribution is 2.27. The minimum Gasteiger partial charge on any atom is -0.309 e. The Balaban J connectivity index is 2.35. The fourth-order valence-electron chi connectivity index (χ4n) is 1.90. The molecule has 0 radical (unpaired) electrons. The Hall–Kier alpha value is -0.900. The molecule has 1 heterocycles. The highest BCUT2D eigenvalue weighted by molar-refractivity contribution is 9.10. The van der Waals surface area contributed by atoms with Crippen molar-refractivity contribution in [2.24, 2.45) is 0 Å². The van der Waals surface area contributed by atoms with Crippen LogP contribution in [0.15, 0.2) is 18.2 Å². The van der Waals surface area contributed by atoms with Gasteiger partial charge in [0, 0.05) is 6.54 Å². The van der Waals surface area contributed by atoms with E-state index in [1.807, 2.05) is 6.92 Å². The molecule has 1 aromatic rings. The normalized spacial score (nSPS) is 21.3. The topological polar surface area (TPSA) is 20.3 Å². The standard InChI is InChI=1S/C12H13BrFNO/c1-8-4-5-10(14)11(7-8)15-6-2-3-9(13)12(15)16/h4-5,7,9H,2-3,6H2,1H3/t9-/m1/s1. The number of hydrogen-bond donors (Lipinski definition) is 0. The number of aryl methyl sites for hydroxylation is 1. The van der Waals surface area contributed by atoms with Crippen molar-refractivity contribution in [3.05, 3.63) is 29.6 Å². The Morgan fingerprint density at radius 3 is 3.00 bits per heavy atom. The van der Waals surface area contributed by atoms with Crippen LogP contribution in [0.4, 0.5) is 10.1 Å². The molecule has 4 heteroatoms. The fraction of sp³-hybridized carbons (Fsp3) is 0.417. The van der Waals surface area contributed by atoms with Crippen LogP contribution >= 0.6 is 15.9 Å². The average Bonchev–Trinajstić information content (AvgIpc) is 2.26. The quantitative estimate of drug-likeness (QED) is 0.727. The van der Waals surface area contributed by atoms with Crippen LogP contribution in [0.25, 0.3) is 0 Å². The second-order valence-electron chi connectivity index (χ2n) is 4.05. The summed E-state index contributed by atoms with van der Waals surface area (Å²) in [4.78, 5) is 13.3. The molecule has 16 heavy (non-hydrogen) atoms. The second-order valence-corrected chi connectivity index (χ2v) is 5.16. The van der Waals surface area contributed by atoms with E-state index in [1.54, 1.807) is 12.1 Å². The van der Waals surface area contributed by atoms with Gasteiger partial charge < -0.3 is 4.90 Å². The summed E-state index contributed by atoms with van der Waals surface area (Å²) < 4.78 is 13.6. The molecule has 1 aromatic carbocycles. The molecule has 0 aromatic heterocycles. The van der Waals surface area contributed by atoms with E-state index in [2.05, 4.69) is 15.9 Å². The summed E-state index contributed by atoms with van der Waals surface area (Å²) in [5, 5.41) is 0. The van der Waals surface area contributed by atoms with Crippen molar-refractivity contribution in [3.63, 3.8) is 0 Å². The van der Waals surface area contributed by atoms with Gasteiger partial charge in [-0.15, -0.1) is 0 Å². The maximum Gasteiger partial charge on any atom is 0.240 e. The van der Waals surface area contributed by atoms with Crippen molar-refractivity contribution in [1.82, 2.24) is 0 Å². The lowest BCUT2D eigenvalue weighted by atomic mass is 10.1. The smallest absolute Gasteiger partial charge is 0.240 e. The van der Waals surface area contributed by atoms with Gasteiger partial charge in [0.05, 0.1) is 10.5 Å². The predicted octanol–water partition coefficient (Wildman–Crippen LogP) is 3.02. The van der Waals surface area contributed by atoms with Crippen LogP contribution in [0.1, 0.15) is 18.4 Å². The minimum atomic E-state index is -0.333. The summed E-state index contributed by atoms with van der Waals surface area (Å²) in [5.74, 6) is -0.378. The number of nitrogens with zero attached hydrogens (tertiary/aromatic N) is 1. The van der Waals surface area contributed by atoms with Crippen molar-refractivity contribution in [2.75, 3.05) is 11.4 Å². The van der Waals surface area contributed by atoms with Crippen molar-refractivity contribution >= 4 is 27.5 Å². The van der Waals surface area contributed by atoms with Crippen molar-refractivity contribution in [3.8, 4) is 0 Å². The van der Waals surface area contributed by atoms with E-state index in [4.69, 9.17) is 0 Å². The molecule has 1 atom stereocenters. The predicted molar refractivity (Wildman–Crippen MR) is 65.4 cm³/mol. The first-order valence-electron chi connectivity index (χ1n) is 5.31. The van der Waals surface area contributed by atoms with Crippen LogP contribution in [0, 0.1) is 12.7 Å². The number of carbonyl (C=O) groups excluding carboxylic acids is 1. The Bertz CT molecular complexity index is 421. The third kappa shape index (κ3) is 2.12. The number of amides is 1. The number of halogens is 2. The number of benzene rings is 1. The highest BCUT2D eigenvalue weighted by Gasteiger charge is 2.28. The molecular formula is C12H13BrFNO. The molecule has 2 nitrogen and oxygen atoms in total. The van der Waals surface area contributed by atoms with E-state index in [0.717, 1.165) is 18.4 Å². The van der Waals surface area contributed by atoms with E-state index in [9.17, 15) is 9.18 Å². The summed E-state index contributed by atoms with van der Waals surface area (Å²) in [6.07, 6.45) is 1.72. The molecule has 1 saturated heterocycles. The Morgan fingerprint density at radius 2 is 2.25 bits per heavy atom. The zero-order valence-electron chi connectivity index (χ0n) is 9.04. The number of hydrogen-bond acceptors (Lipinski definition) is 1. The third-order valence-corrected chi connectivity index (χ3v) is 3.62. The van der Waals surface area contributed by atoms with Gasteiger partial charge in [0.15, 0.2) is 0 Å². The maximum atomic E-state index is 13.6. The Kier molecular flexibility index (Phi) is 3.28. The van der Waals surface area contributed by atoms with Gasteiger partial charge in [-0.05, 0) is 37.5 Å². The summed E-state index contributed by atoms with van der Waals surface area (Å²) in [5.41, 5.74) is 1.36. The van der Waals surface area contributed by atoms with Gasteiger partial charge in [-0.3, -0.25) is 4.79 Å². The van der Waals surface area contributed by atoms with Crippen molar-refractivity contribution in [1.29, 1.82) is 0 Å². The molecule has 1 amide bonds. The second kappa shape index (κ2) is 4.53. The first-order valence-corrected chi connectivity index (χ1v) is 6.23. The van der Waals surface area contributed by atoms with E-state index >= 15 is 0 Å². The zero-order valence-corrected chi connectivity index (χ0v) is 10.6. The largest absolute Gasteiger partial charge is 0.309 e. The highest BCUT2D eigenvalue weighted by atomic mass is 79.9. The molecule has 1 aliphatic rings. The molecule has 0 N–H and O–H groups in total. The van der Waals surface area contributed by atoms with Gasteiger partial charge in [-0.1, -0.05) is 22.0 Å². The number of alkyl halides is 1. The average molecular weight is 286 g/mol. The van der Waals surface area contributed by atoms with Crippen molar-refractivity contribution < 1.29 is 9.18 Å². The molecule has 1 fully saturated rings. The van der Waals surface area contributed by atoms with Crippen LogP contribution in [0.3, 0.4) is 0 Å². The first-order chi connectivity index (χ1) is 7.59. The van der Waals surface area contributed by atoms with Gasteiger partial charge in [0.25, 0.3) is 0 Å². The van der Waals surface area contributed by atoms with E-state index in [0.29, 0.717) is 12.2 Å². The summed E-state index contributed by atoms with van der Waals surface area (Å²) in [7, 11) is 0. The molecule has 86 valence electrons. The van der Waals surface area contributed by atoms with Crippen LogP contribution in [0.2, 0.25) is 0 Å². The Morgan fingerprint density at radius 1 is 1.50 bits per heavy atom. The van der Waals surface area contributed by atoms with Gasteiger partial charge in [-0.2, -0.15) is 0 Å². The van der Waals surface area contributed by atoms with Crippen LogP contribution < -0.4 is 4.90 Å². The number of piperidine rings is 1. The van der Waals surface area contributed by atoms with Gasteiger partial charge in [-0.25, -0.2) is 4.39 Å². The lowest BCUT2D eigenvalue weighted by Gasteiger charge is -2.30. The summed E-state index contributed by atoms with van der Waals surface area (Å²) in [6, 6.07) is 4.84. The maximum absolute atomic E-state index is 13.6. The SMILES string of the molecule is Cc1ccc(F)c(N2CCC[C@@H](Br)C2=O)c1. The molecule has 0 aliphatic carbocycles. The zero-order chi connectivity index (χ0) is 11.7. The monoisotopic (exact) mass is 285 g/mol. The van der Waals surface area contributed by atoms with Crippen LogP contribution in [-0.4, -0.2) is 17.3 Å². The van der Waals surface area contributed by atoms with E-state index < -0.39 is 0 Å². The van der Waals surface area contributed by atoms with Crippen LogP contribution in [-0.2, 0) is 4.79 Å². The minimum absolute atomic E-state index is 0.0456. The molecule has 0 bridgehead atoms. The lowest BCUT2D eigenvalue weighted by Crippen LogP contribution is -2.42. The Labute approximate surface area is 103 Å². The number of carbonyl (C=O) groups is 1.